The molecule has 2 aromatic rings. The van der Waals surface area contributed by atoms with Crippen LogP contribution in [0.4, 0.5) is 0 Å². The fraction of sp³-hybridized carbons (Fsp3) is 0.526. The Kier molecular flexibility index (Phi) is 5.66. The summed E-state index contributed by atoms with van der Waals surface area (Å²) in [7, 11) is 0. The van der Waals surface area contributed by atoms with E-state index in [-0.39, 0.29) is 0 Å². The maximum Gasteiger partial charge on any atom is 0.0945 e. The van der Waals surface area contributed by atoms with Crippen LogP contribution in [-0.2, 0) is 13.0 Å². The second kappa shape index (κ2) is 8.14. The van der Waals surface area contributed by atoms with Gasteiger partial charge in [-0.1, -0.05) is 30.3 Å². The first-order valence-corrected chi connectivity index (χ1v) is 8.62. The molecule has 1 aromatic carbocycles. The Labute approximate surface area is 134 Å². The van der Waals surface area contributed by atoms with Gasteiger partial charge in [0.2, 0.25) is 0 Å². The predicted octanol–water partition coefficient (Wildman–Crippen LogP) is 3.62. The minimum absolute atomic E-state index is 0.896. The van der Waals surface area contributed by atoms with E-state index in [2.05, 4.69) is 51.0 Å². The number of aryl methyl sites for hydroxylation is 2. The molecule has 0 unspecified atom stereocenters. The number of imidazole rings is 1. The van der Waals surface area contributed by atoms with Gasteiger partial charge in [0, 0.05) is 18.9 Å². The van der Waals surface area contributed by atoms with Crippen LogP contribution in [0.3, 0.4) is 0 Å². The molecule has 0 bridgehead atoms. The lowest BCUT2D eigenvalue weighted by Gasteiger charge is -2.32. The minimum atomic E-state index is 0.896. The summed E-state index contributed by atoms with van der Waals surface area (Å²) in [5.74, 6) is 0.896. The van der Waals surface area contributed by atoms with E-state index in [1.807, 2.05) is 12.5 Å². The Bertz CT molecular complexity index is 513. The van der Waals surface area contributed by atoms with Crippen LogP contribution in [0.2, 0.25) is 0 Å². The summed E-state index contributed by atoms with van der Waals surface area (Å²) in [4.78, 5) is 6.76. The van der Waals surface area contributed by atoms with Crippen molar-refractivity contribution in [1.29, 1.82) is 0 Å². The monoisotopic (exact) mass is 297 g/mol. The first-order valence-electron chi connectivity index (χ1n) is 8.62. The van der Waals surface area contributed by atoms with E-state index < -0.39 is 0 Å². The molecule has 1 saturated heterocycles. The topological polar surface area (TPSA) is 21.1 Å². The second-order valence-corrected chi connectivity index (χ2v) is 6.46. The molecule has 1 fully saturated rings. The highest BCUT2D eigenvalue weighted by atomic mass is 15.1. The van der Waals surface area contributed by atoms with E-state index >= 15 is 0 Å². The van der Waals surface area contributed by atoms with Crippen molar-refractivity contribution < 1.29 is 0 Å². The highest BCUT2D eigenvalue weighted by molar-refractivity contribution is 5.14. The molecule has 0 amide bonds. The Hall–Kier alpha value is -1.61. The molecule has 0 aliphatic carbocycles. The van der Waals surface area contributed by atoms with E-state index in [9.17, 15) is 0 Å². The van der Waals surface area contributed by atoms with Crippen LogP contribution >= 0.6 is 0 Å². The van der Waals surface area contributed by atoms with E-state index in [4.69, 9.17) is 0 Å². The fourth-order valence-corrected chi connectivity index (χ4v) is 3.40. The number of benzene rings is 1. The summed E-state index contributed by atoms with van der Waals surface area (Å²) in [6.07, 6.45) is 12.4. The average Bonchev–Trinajstić information content (AvgIpc) is 3.09. The van der Waals surface area contributed by atoms with Crippen LogP contribution in [0.15, 0.2) is 49.1 Å². The van der Waals surface area contributed by atoms with E-state index in [1.54, 1.807) is 0 Å². The molecule has 2 heterocycles. The highest BCUT2D eigenvalue weighted by Gasteiger charge is 2.18. The normalized spacial score (nSPS) is 16.9. The van der Waals surface area contributed by atoms with Crippen molar-refractivity contribution >= 4 is 0 Å². The van der Waals surface area contributed by atoms with Crippen LogP contribution in [0, 0.1) is 5.92 Å². The molecular formula is C19H27N3. The zero-order valence-electron chi connectivity index (χ0n) is 13.4. The van der Waals surface area contributed by atoms with Crippen molar-refractivity contribution in [2.24, 2.45) is 5.92 Å². The summed E-state index contributed by atoms with van der Waals surface area (Å²) in [6.45, 7) is 4.94. The molecule has 3 nitrogen and oxygen atoms in total. The number of rotatable bonds is 7. The minimum Gasteiger partial charge on any atom is -0.337 e. The number of nitrogens with zero attached hydrogens (tertiary/aromatic N) is 3. The number of hydrogen-bond donors (Lipinski definition) is 0. The molecular weight excluding hydrogens is 270 g/mol. The smallest absolute Gasteiger partial charge is 0.0945 e. The molecule has 1 aliphatic rings. The van der Waals surface area contributed by atoms with Gasteiger partial charge >= 0.3 is 0 Å². The van der Waals surface area contributed by atoms with E-state index in [1.165, 1.54) is 57.3 Å². The van der Waals surface area contributed by atoms with Crippen molar-refractivity contribution in [2.75, 3.05) is 19.6 Å². The summed E-state index contributed by atoms with van der Waals surface area (Å²) in [6, 6.07) is 10.9. The predicted molar refractivity (Wildman–Crippen MR) is 90.8 cm³/mol. The molecule has 118 valence electrons. The summed E-state index contributed by atoms with van der Waals surface area (Å²) < 4.78 is 2.20. The van der Waals surface area contributed by atoms with Gasteiger partial charge in [-0.15, -0.1) is 0 Å². The van der Waals surface area contributed by atoms with Crippen LogP contribution in [0.5, 0.6) is 0 Å². The molecule has 22 heavy (non-hydrogen) atoms. The van der Waals surface area contributed by atoms with Gasteiger partial charge in [0.15, 0.2) is 0 Å². The summed E-state index contributed by atoms with van der Waals surface area (Å²) in [5.41, 5.74) is 1.47. The molecule has 3 rings (SSSR count). The number of piperidine rings is 1. The van der Waals surface area contributed by atoms with Crippen molar-refractivity contribution in [2.45, 2.75) is 38.6 Å². The molecule has 3 heteroatoms. The van der Waals surface area contributed by atoms with Gasteiger partial charge in [-0.2, -0.15) is 0 Å². The highest BCUT2D eigenvalue weighted by Crippen LogP contribution is 2.21. The van der Waals surface area contributed by atoms with E-state index in [0.29, 0.717) is 0 Å². The van der Waals surface area contributed by atoms with Gasteiger partial charge in [-0.3, -0.25) is 0 Å². The third kappa shape index (κ3) is 4.70. The third-order valence-corrected chi connectivity index (χ3v) is 4.84. The standard InChI is InChI=1S/C19H27N3/c1-2-5-18(6-3-1)7-4-12-21-13-8-19(9-14-21)10-15-22-16-11-20-17-22/h1-3,5-6,11,16-17,19H,4,7-10,12-15H2. The Morgan fingerprint density at radius 1 is 1.05 bits per heavy atom. The summed E-state index contributed by atoms with van der Waals surface area (Å²) in [5, 5.41) is 0. The maximum atomic E-state index is 4.11. The largest absolute Gasteiger partial charge is 0.337 e. The van der Waals surface area contributed by atoms with Gasteiger partial charge in [-0.25, -0.2) is 4.98 Å². The molecule has 1 aliphatic heterocycles. The van der Waals surface area contributed by atoms with Crippen LogP contribution in [0.1, 0.15) is 31.2 Å². The zero-order valence-corrected chi connectivity index (χ0v) is 13.4. The lowest BCUT2D eigenvalue weighted by Crippen LogP contribution is -2.34. The Morgan fingerprint density at radius 2 is 1.86 bits per heavy atom. The molecule has 0 atom stereocenters. The van der Waals surface area contributed by atoms with E-state index in [0.717, 1.165) is 12.5 Å². The molecule has 0 N–H and O–H groups in total. The number of hydrogen-bond acceptors (Lipinski definition) is 2. The number of aromatic nitrogens is 2. The molecule has 0 spiro atoms. The van der Waals surface area contributed by atoms with Crippen molar-refractivity contribution in [3.63, 3.8) is 0 Å². The third-order valence-electron chi connectivity index (χ3n) is 4.84. The van der Waals surface area contributed by atoms with Crippen LogP contribution in [0.25, 0.3) is 0 Å². The fourth-order valence-electron chi connectivity index (χ4n) is 3.40. The van der Waals surface area contributed by atoms with Crippen molar-refractivity contribution in [3.05, 3.63) is 54.6 Å². The lowest BCUT2D eigenvalue weighted by molar-refractivity contribution is 0.174. The molecule has 0 saturated carbocycles. The first-order chi connectivity index (χ1) is 10.9. The van der Waals surface area contributed by atoms with Crippen molar-refractivity contribution in [3.8, 4) is 0 Å². The van der Waals surface area contributed by atoms with Crippen LogP contribution < -0.4 is 0 Å². The van der Waals surface area contributed by atoms with Crippen molar-refractivity contribution in [1.82, 2.24) is 14.5 Å². The summed E-state index contributed by atoms with van der Waals surface area (Å²) >= 11 is 0. The van der Waals surface area contributed by atoms with Gasteiger partial charge in [0.25, 0.3) is 0 Å². The molecule has 1 aromatic heterocycles. The van der Waals surface area contributed by atoms with Gasteiger partial charge in [0.05, 0.1) is 6.33 Å². The Balaban J connectivity index is 1.30. The SMILES string of the molecule is c1ccc(CCCN2CCC(CCn3ccnc3)CC2)cc1. The quantitative estimate of drug-likeness (QED) is 0.778. The Morgan fingerprint density at radius 3 is 2.59 bits per heavy atom. The van der Waals surface area contributed by atoms with Gasteiger partial charge in [0.1, 0.15) is 0 Å². The van der Waals surface area contributed by atoms with Gasteiger partial charge < -0.3 is 9.47 Å². The maximum absolute atomic E-state index is 4.11. The van der Waals surface area contributed by atoms with Gasteiger partial charge in [-0.05, 0) is 63.2 Å². The van der Waals surface area contributed by atoms with Crippen LogP contribution in [-0.4, -0.2) is 34.1 Å². The molecule has 0 radical (unpaired) electrons. The number of likely N-dealkylation sites (tertiary alicyclic amines) is 1. The second-order valence-electron chi connectivity index (χ2n) is 6.46. The lowest BCUT2D eigenvalue weighted by atomic mass is 9.93. The first kappa shape index (κ1) is 15.3. The zero-order chi connectivity index (χ0) is 15.0. The average molecular weight is 297 g/mol.